The summed E-state index contributed by atoms with van der Waals surface area (Å²) in [4.78, 5) is 2.30. The Morgan fingerprint density at radius 2 is 2.21 bits per heavy atom. The van der Waals surface area contributed by atoms with Gasteiger partial charge in [0.25, 0.3) is 0 Å². The van der Waals surface area contributed by atoms with Crippen LogP contribution < -0.4 is 5.73 Å². The Morgan fingerprint density at radius 1 is 1.50 bits per heavy atom. The first kappa shape index (κ1) is 9.68. The lowest BCUT2D eigenvalue weighted by Crippen LogP contribution is -2.33. The van der Waals surface area contributed by atoms with E-state index in [0.717, 1.165) is 25.2 Å². The highest BCUT2D eigenvalue weighted by Gasteiger charge is 2.27. The molecule has 14 heavy (non-hydrogen) atoms. The lowest BCUT2D eigenvalue weighted by molar-refractivity contribution is 0.308. The highest BCUT2D eigenvalue weighted by Crippen LogP contribution is 2.25. The largest absolute Gasteiger partial charge is 0.321 e. The monoisotopic (exact) mass is 194 g/mol. The van der Waals surface area contributed by atoms with Gasteiger partial charge < -0.3 is 10.6 Å². The number of H-pyrrole nitrogens is 1. The van der Waals surface area contributed by atoms with Crippen LogP contribution in [0.15, 0.2) is 0 Å². The van der Waals surface area contributed by atoms with E-state index in [1.54, 1.807) is 0 Å². The zero-order valence-corrected chi connectivity index (χ0v) is 9.09. The molecule has 0 saturated heterocycles. The minimum atomic E-state index is -0.345. The van der Waals surface area contributed by atoms with Crippen LogP contribution in [0.2, 0.25) is 0 Å². The molecule has 0 spiro atoms. The molecule has 0 amide bonds. The highest BCUT2D eigenvalue weighted by molar-refractivity contribution is 5.31. The van der Waals surface area contributed by atoms with Crippen molar-refractivity contribution in [3.05, 3.63) is 17.0 Å². The summed E-state index contributed by atoms with van der Waals surface area (Å²) in [5.41, 5.74) is 9.30. The van der Waals surface area contributed by atoms with Gasteiger partial charge in [-0.2, -0.15) is 5.10 Å². The summed E-state index contributed by atoms with van der Waals surface area (Å²) in [7, 11) is 2.13. The molecular weight excluding hydrogens is 176 g/mol. The van der Waals surface area contributed by atoms with Crippen molar-refractivity contribution in [3.8, 4) is 0 Å². The second-order valence-corrected chi connectivity index (χ2v) is 4.74. The maximum Gasteiger partial charge on any atom is 0.0862 e. The number of hydrogen-bond acceptors (Lipinski definition) is 3. The summed E-state index contributed by atoms with van der Waals surface area (Å²) in [5.74, 6) is 0. The van der Waals surface area contributed by atoms with Gasteiger partial charge >= 0.3 is 0 Å². The molecule has 4 heteroatoms. The Kier molecular flexibility index (Phi) is 2.12. The van der Waals surface area contributed by atoms with Gasteiger partial charge in [0.1, 0.15) is 0 Å². The van der Waals surface area contributed by atoms with Crippen LogP contribution in [0.1, 0.15) is 30.8 Å². The zero-order chi connectivity index (χ0) is 10.3. The average molecular weight is 194 g/mol. The minimum Gasteiger partial charge on any atom is -0.321 e. The van der Waals surface area contributed by atoms with Crippen LogP contribution in [0.4, 0.5) is 0 Å². The summed E-state index contributed by atoms with van der Waals surface area (Å²) in [6.45, 7) is 6.05. The molecule has 1 aliphatic rings. The molecule has 0 saturated carbocycles. The van der Waals surface area contributed by atoms with Gasteiger partial charge in [-0.05, 0) is 20.9 Å². The predicted octanol–water partition coefficient (Wildman–Crippen LogP) is 0.591. The lowest BCUT2D eigenvalue weighted by atomic mass is 9.94. The number of nitrogens with zero attached hydrogens (tertiary/aromatic N) is 2. The van der Waals surface area contributed by atoms with Gasteiger partial charge in [-0.1, -0.05) is 0 Å². The van der Waals surface area contributed by atoms with Crippen molar-refractivity contribution in [3.63, 3.8) is 0 Å². The fraction of sp³-hybridized carbons (Fsp3) is 0.700. The van der Waals surface area contributed by atoms with Crippen LogP contribution in [-0.2, 0) is 18.5 Å². The Labute approximate surface area is 84.5 Å². The van der Waals surface area contributed by atoms with Crippen molar-refractivity contribution in [2.24, 2.45) is 5.73 Å². The minimum absolute atomic E-state index is 0.345. The topological polar surface area (TPSA) is 57.9 Å². The quantitative estimate of drug-likeness (QED) is 0.688. The van der Waals surface area contributed by atoms with E-state index in [9.17, 15) is 0 Å². The van der Waals surface area contributed by atoms with Crippen molar-refractivity contribution in [1.82, 2.24) is 15.1 Å². The number of fused-ring (bicyclic) bond motifs is 1. The first-order chi connectivity index (χ1) is 6.48. The number of nitrogens with two attached hydrogens (primary N) is 1. The van der Waals surface area contributed by atoms with Gasteiger partial charge in [0.2, 0.25) is 0 Å². The Balaban J connectivity index is 2.41. The van der Waals surface area contributed by atoms with Crippen LogP contribution >= 0.6 is 0 Å². The van der Waals surface area contributed by atoms with E-state index in [1.807, 2.05) is 13.8 Å². The van der Waals surface area contributed by atoms with Gasteiger partial charge in [-0.25, -0.2) is 0 Å². The fourth-order valence-electron chi connectivity index (χ4n) is 1.96. The third kappa shape index (κ3) is 1.55. The molecule has 0 unspecified atom stereocenters. The highest BCUT2D eigenvalue weighted by atomic mass is 15.2. The molecule has 0 bridgehead atoms. The molecule has 3 N–H and O–H groups in total. The molecule has 1 aromatic heterocycles. The number of hydrogen-bond donors (Lipinski definition) is 2. The third-order valence-electron chi connectivity index (χ3n) is 2.73. The molecule has 1 aromatic rings. The maximum absolute atomic E-state index is 6.07. The van der Waals surface area contributed by atoms with Crippen LogP contribution in [-0.4, -0.2) is 28.7 Å². The molecule has 0 aromatic carbocycles. The number of nitrogens with one attached hydrogen (secondary N) is 1. The standard InChI is InChI=1S/C10H18N4/c1-10(2,11)9-7-6-14(3)5-4-8(7)12-13-9/h4-6,11H2,1-3H3,(H,12,13). The van der Waals surface area contributed by atoms with E-state index >= 15 is 0 Å². The van der Waals surface area contributed by atoms with E-state index in [2.05, 4.69) is 22.1 Å². The molecule has 78 valence electrons. The average Bonchev–Trinajstić information content (AvgIpc) is 2.45. The van der Waals surface area contributed by atoms with E-state index in [4.69, 9.17) is 5.73 Å². The van der Waals surface area contributed by atoms with Crippen molar-refractivity contribution in [2.45, 2.75) is 32.4 Å². The first-order valence-electron chi connectivity index (χ1n) is 5.02. The van der Waals surface area contributed by atoms with Crippen LogP contribution in [0, 0.1) is 0 Å². The SMILES string of the molecule is CN1CCc2[nH]nc(C(C)(C)N)c2C1. The molecular formula is C10H18N4. The molecule has 0 aliphatic carbocycles. The Morgan fingerprint density at radius 3 is 2.86 bits per heavy atom. The number of likely N-dealkylation sites (N-methyl/N-ethyl adjacent to an activating group) is 1. The summed E-state index contributed by atoms with van der Waals surface area (Å²) < 4.78 is 0. The van der Waals surface area contributed by atoms with Crippen molar-refractivity contribution < 1.29 is 0 Å². The maximum atomic E-state index is 6.07. The van der Waals surface area contributed by atoms with Crippen LogP contribution in [0.5, 0.6) is 0 Å². The van der Waals surface area contributed by atoms with E-state index < -0.39 is 0 Å². The van der Waals surface area contributed by atoms with Crippen LogP contribution in [0.3, 0.4) is 0 Å². The van der Waals surface area contributed by atoms with Gasteiger partial charge in [0, 0.05) is 30.8 Å². The lowest BCUT2D eigenvalue weighted by Gasteiger charge is -2.25. The zero-order valence-electron chi connectivity index (χ0n) is 9.09. The molecule has 0 fully saturated rings. The van der Waals surface area contributed by atoms with Crippen molar-refractivity contribution in [2.75, 3.05) is 13.6 Å². The summed E-state index contributed by atoms with van der Waals surface area (Å²) in [6.07, 6.45) is 1.05. The number of aromatic amines is 1. The number of aromatic nitrogens is 2. The van der Waals surface area contributed by atoms with Gasteiger partial charge in [0.05, 0.1) is 11.2 Å². The van der Waals surface area contributed by atoms with Gasteiger partial charge in [-0.15, -0.1) is 0 Å². The summed E-state index contributed by atoms with van der Waals surface area (Å²) >= 11 is 0. The second-order valence-electron chi connectivity index (χ2n) is 4.74. The normalized spacial score (nSPS) is 18.3. The summed E-state index contributed by atoms with van der Waals surface area (Å²) in [5, 5.41) is 7.42. The Hall–Kier alpha value is -0.870. The molecule has 4 nitrogen and oxygen atoms in total. The smallest absolute Gasteiger partial charge is 0.0862 e. The van der Waals surface area contributed by atoms with E-state index in [1.165, 1.54) is 11.3 Å². The van der Waals surface area contributed by atoms with Gasteiger partial charge in [-0.3, -0.25) is 5.10 Å². The first-order valence-corrected chi connectivity index (χ1v) is 5.02. The molecule has 1 aliphatic heterocycles. The van der Waals surface area contributed by atoms with Crippen LogP contribution in [0.25, 0.3) is 0 Å². The van der Waals surface area contributed by atoms with E-state index in [0.29, 0.717) is 0 Å². The molecule has 2 rings (SSSR count). The second kappa shape index (κ2) is 3.07. The summed E-state index contributed by atoms with van der Waals surface area (Å²) in [6, 6.07) is 0. The Bertz CT molecular complexity index is 334. The van der Waals surface area contributed by atoms with Crippen molar-refractivity contribution >= 4 is 0 Å². The molecule has 0 radical (unpaired) electrons. The molecule has 0 atom stereocenters. The van der Waals surface area contributed by atoms with Crippen molar-refractivity contribution in [1.29, 1.82) is 0 Å². The third-order valence-corrected chi connectivity index (χ3v) is 2.73. The van der Waals surface area contributed by atoms with Gasteiger partial charge in [0.15, 0.2) is 0 Å². The number of rotatable bonds is 1. The van der Waals surface area contributed by atoms with E-state index in [-0.39, 0.29) is 5.54 Å². The molecule has 2 heterocycles. The fourth-order valence-corrected chi connectivity index (χ4v) is 1.96. The predicted molar refractivity (Wildman–Crippen MR) is 55.8 cm³/mol.